The SMILES string of the molecule is CC[C@H](C)c1ccc(S(=O)(=O)N2CCN(CC(=O)Nc3cccc(C)c3)CC2)cc1. The van der Waals surface area contributed by atoms with E-state index in [-0.39, 0.29) is 12.5 Å². The van der Waals surface area contributed by atoms with Crippen molar-refractivity contribution in [1.29, 1.82) is 0 Å². The van der Waals surface area contributed by atoms with Crippen molar-refractivity contribution in [3.05, 3.63) is 59.7 Å². The Morgan fingerprint density at radius 1 is 1.07 bits per heavy atom. The molecule has 3 rings (SSSR count). The van der Waals surface area contributed by atoms with Gasteiger partial charge in [-0.3, -0.25) is 9.69 Å². The van der Waals surface area contributed by atoms with Gasteiger partial charge in [0.1, 0.15) is 0 Å². The lowest BCUT2D eigenvalue weighted by Crippen LogP contribution is -2.50. The van der Waals surface area contributed by atoms with Crippen LogP contribution in [0.15, 0.2) is 53.4 Å². The molecule has 1 amide bonds. The Kier molecular flexibility index (Phi) is 7.28. The number of rotatable bonds is 7. The summed E-state index contributed by atoms with van der Waals surface area (Å²) in [6.45, 7) is 8.32. The fraction of sp³-hybridized carbons (Fsp3) is 0.435. The van der Waals surface area contributed by atoms with E-state index in [2.05, 4.69) is 19.2 Å². The molecule has 162 valence electrons. The van der Waals surface area contributed by atoms with Crippen molar-refractivity contribution in [3.8, 4) is 0 Å². The van der Waals surface area contributed by atoms with Crippen molar-refractivity contribution in [2.45, 2.75) is 38.0 Å². The summed E-state index contributed by atoms with van der Waals surface area (Å²) in [5.74, 6) is 0.328. The highest BCUT2D eigenvalue weighted by atomic mass is 32.2. The summed E-state index contributed by atoms with van der Waals surface area (Å²) in [7, 11) is -3.51. The van der Waals surface area contributed by atoms with Crippen LogP contribution in [0.3, 0.4) is 0 Å². The third-order valence-electron chi connectivity index (χ3n) is 5.70. The van der Waals surface area contributed by atoms with E-state index < -0.39 is 10.0 Å². The summed E-state index contributed by atoms with van der Waals surface area (Å²) in [6, 6.07) is 14.9. The van der Waals surface area contributed by atoms with Crippen LogP contribution >= 0.6 is 0 Å². The average Bonchev–Trinajstić information content (AvgIpc) is 2.73. The molecule has 2 aromatic carbocycles. The number of hydrogen-bond donors (Lipinski definition) is 1. The molecule has 1 aliphatic heterocycles. The molecular formula is C23H31N3O3S. The Morgan fingerprint density at radius 2 is 1.73 bits per heavy atom. The predicted molar refractivity (Wildman–Crippen MR) is 120 cm³/mol. The maximum Gasteiger partial charge on any atom is 0.243 e. The molecule has 1 N–H and O–H groups in total. The number of amides is 1. The highest BCUT2D eigenvalue weighted by molar-refractivity contribution is 7.89. The first kappa shape index (κ1) is 22.5. The molecule has 1 aliphatic rings. The Morgan fingerprint density at radius 3 is 2.33 bits per heavy atom. The molecule has 0 unspecified atom stereocenters. The molecule has 0 bridgehead atoms. The number of carbonyl (C=O) groups is 1. The molecule has 1 heterocycles. The van der Waals surface area contributed by atoms with Crippen molar-refractivity contribution < 1.29 is 13.2 Å². The summed E-state index contributed by atoms with van der Waals surface area (Å²) < 4.78 is 27.5. The normalized spacial score (nSPS) is 16.9. The smallest absolute Gasteiger partial charge is 0.243 e. The van der Waals surface area contributed by atoms with Gasteiger partial charge in [0.05, 0.1) is 11.4 Å². The van der Waals surface area contributed by atoms with Gasteiger partial charge >= 0.3 is 0 Å². The molecule has 1 atom stereocenters. The van der Waals surface area contributed by atoms with Crippen LogP contribution in [0.25, 0.3) is 0 Å². The van der Waals surface area contributed by atoms with Gasteiger partial charge in [0.2, 0.25) is 15.9 Å². The van der Waals surface area contributed by atoms with Crippen LogP contribution in [-0.4, -0.2) is 56.3 Å². The molecule has 7 heteroatoms. The first-order chi connectivity index (χ1) is 14.3. The van der Waals surface area contributed by atoms with E-state index in [1.807, 2.05) is 48.2 Å². The summed E-state index contributed by atoms with van der Waals surface area (Å²) >= 11 is 0. The molecule has 1 fully saturated rings. The van der Waals surface area contributed by atoms with Gasteiger partial charge in [-0.1, -0.05) is 38.1 Å². The molecule has 0 aromatic heterocycles. The van der Waals surface area contributed by atoms with Crippen molar-refractivity contribution in [3.63, 3.8) is 0 Å². The minimum absolute atomic E-state index is 0.0856. The van der Waals surface area contributed by atoms with E-state index in [0.717, 1.165) is 23.2 Å². The molecule has 0 saturated carbocycles. The quantitative estimate of drug-likeness (QED) is 0.732. The summed E-state index contributed by atoms with van der Waals surface area (Å²) in [5, 5.41) is 2.90. The van der Waals surface area contributed by atoms with Crippen LogP contribution < -0.4 is 5.32 Å². The van der Waals surface area contributed by atoms with Gasteiger partial charge in [-0.05, 0) is 54.7 Å². The molecular weight excluding hydrogens is 398 g/mol. The number of piperazine rings is 1. The number of nitrogens with one attached hydrogen (secondary N) is 1. The van der Waals surface area contributed by atoms with Crippen LogP contribution in [0.2, 0.25) is 0 Å². The van der Waals surface area contributed by atoms with Crippen LogP contribution in [0.1, 0.15) is 37.3 Å². The second kappa shape index (κ2) is 9.73. The van der Waals surface area contributed by atoms with Crippen molar-refractivity contribution >= 4 is 21.6 Å². The number of carbonyl (C=O) groups excluding carboxylic acids is 1. The maximum absolute atomic E-state index is 13.0. The van der Waals surface area contributed by atoms with Crippen LogP contribution in [0, 0.1) is 6.92 Å². The summed E-state index contributed by atoms with van der Waals surface area (Å²) in [5.41, 5.74) is 3.02. The molecule has 2 aromatic rings. The van der Waals surface area contributed by atoms with E-state index in [9.17, 15) is 13.2 Å². The van der Waals surface area contributed by atoms with Gasteiger partial charge in [0.15, 0.2) is 0 Å². The molecule has 1 saturated heterocycles. The third-order valence-corrected chi connectivity index (χ3v) is 7.61. The first-order valence-electron chi connectivity index (χ1n) is 10.5. The molecule has 30 heavy (non-hydrogen) atoms. The zero-order valence-electron chi connectivity index (χ0n) is 18.0. The maximum atomic E-state index is 13.0. The standard InChI is InChI=1S/C23H31N3O3S/c1-4-19(3)20-8-10-22(11-9-20)30(28,29)26-14-12-25(13-15-26)17-23(27)24-21-7-5-6-18(2)16-21/h5-11,16,19H,4,12-15,17H2,1-3H3,(H,24,27)/t19-/m0/s1. The van der Waals surface area contributed by atoms with E-state index in [0.29, 0.717) is 37.0 Å². The minimum atomic E-state index is -3.51. The van der Waals surface area contributed by atoms with Crippen molar-refractivity contribution in [2.75, 3.05) is 38.0 Å². The number of nitrogens with zero attached hydrogens (tertiary/aromatic N) is 2. The second-order valence-electron chi connectivity index (χ2n) is 7.98. The highest BCUT2D eigenvalue weighted by Gasteiger charge is 2.29. The van der Waals surface area contributed by atoms with Gasteiger partial charge in [0.25, 0.3) is 0 Å². The Bertz CT molecular complexity index is 965. The molecule has 0 aliphatic carbocycles. The lowest BCUT2D eigenvalue weighted by molar-refractivity contribution is -0.117. The Balaban J connectivity index is 1.54. The fourth-order valence-electron chi connectivity index (χ4n) is 3.61. The van der Waals surface area contributed by atoms with Crippen LogP contribution in [-0.2, 0) is 14.8 Å². The first-order valence-corrected chi connectivity index (χ1v) is 11.9. The lowest BCUT2D eigenvalue weighted by atomic mass is 9.99. The molecule has 0 spiro atoms. The van der Waals surface area contributed by atoms with Gasteiger partial charge in [-0.25, -0.2) is 8.42 Å². The monoisotopic (exact) mass is 429 g/mol. The Hall–Kier alpha value is -2.22. The van der Waals surface area contributed by atoms with E-state index in [4.69, 9.17) is 0 Å². The largest absolute Gasteiger partial charge is 0.325 e. The van der Waals surface area contributed by atoms with Crippen LogP contribution in [0.5, 0.6) is 0 Å². The van der Waals surface area contributed by atoms with E-state index in [1.165, 1.54) is 4.31 Å². The average molecular weight is 430 g/mol. The van der Waals surface area contributed by atoms with Crippen LogP contribution in [0.4, 0.5) is 5.69 Å². The summed E-state index contributed by atoms with van der Waals surface area (Å²) in [4.78, 5) is 14.6. The number of hydrogen-bond acceptors (Lipinski definition) is 4. The highest BCUT2D eigenvalue weighted by Crippen LogP contribution is 2.23. The van der Waals surface area contributed by atoms with Gasteiger partial charge in [0, 0.05) is 31.9 Å². The predicted octanol–water partition coefficient (Wildman–Crippen LogP) is 3.45. The minimum Gasteiger partial charge on any atom is -0.325 e. The zero-order chi connectivity index (χ0) is 21.7. The zero-order valence-corrected chi connectivity index (χ0v) is 18.8. The second-order valence-corrected chi connectivity index (χ2v) is 9.91. The number of aryl methyl sites for hydroxylation is 1. The molecule has 6 nitrogen and oxygen atoms in total. The topological polar surface area (TPSA) is 69.7 Å². The van der Waals surface area contributed by atoms with Gasteiger partial charge < -0.3 is 5.32 Å². The van der Waals surface area contributed by atoms with Gasteiger partial charge in [-0.2, -0.15) is 4.31 Å². The molecule has 0 radical (unpaired) electrons. The van der Waals surface area contributed by atoms with Crippen molar-refractivity contribution in [1.82, 2.24) is 9.21 Å². The number of benzene rings is 2. The van der Waals surface area contributed by atoms with E-state index in [1.54, 1.807) is 12.1 Å². The Labute approximate surface area is 179 Å². The summed E-state index contributed by atoms with van der Waals surface area (Å²) in [6.07, 6.45) is 1.02. The number of sulfonamides is 1. The van der Waals surface area contributed by atoms with Gasteiger partial charge in [-0.15, -0.1) is 0 Å². The fourth-order valence-corrected chi connectivity index (χ4v) is 5.03. The lowest BCUT2D eigenvalue weighted by Gasteiger charge is -2.33. The van der Waals surface area contributed by atoms with E-state index >= 15 is 0 Å². The number of anilines is 1. The van der Waals surface area contributed by atoms with Crippen molar-refractivity contribution in [2.24, 2.45) is 0 Å². The third kappa shape index (κ3) is 5.47.